The zero-order valence-electron chi connectivity index (χ0n) is 8.91. The molecule has 0 unspecified atom stereocenters. The Labute approximate surface area is 91.0 Å². The molecule has 1 saturated heterocycles. The first-order chi connectivity index (χ1) is 7.05. The summed E-state index contributed by atoms with van der Waals surface area (Å²) in [6, 6.07) is 0. The van der Waals surface area contributed by atoms with Gasteiger partial charge in [-0.05, 0) is 38.1 Å². The topological polar surface area (TPSA) is 66.4 Å². The van der Waals surface area contributed by atoms with Crippen molar-refractivity contribution in [2.24, 2.45) is 5.92 Å². The van der Waals surface area contributed by atoms with E-state index in [9.17, 15) is 13.5 Å². The Morgan fingerprint density at radius 2 is 1.87 bits per heavy atom. The number of nitrogens with one attached hydrogen (secondary N) is 1. The molecule has 1 heterocycles. The summed E-state index contributed by atoms with van der Waals surface area (Å²) in [6.45, 7) is 0.982. The van der Waals surface area contributed by atoms with Gasteiger partial charge in [-0.2, -0.15) is 0 Å². The Kier molecular flexibility index (Phi) is 3.05. The van der Waals surface area contributed by atoms with Gasteiger partial charge in [-0.25, -0.2) is 8.42 Å². The average Bonchev–Trinajstić information content (AvgIpc) is 3.01. The third-order valence-electron chi connectivity index (χ3n) is 3.55. The molecular formula is C10H19NO3S. The van der Waals surface area contributed by atoms with Crippen molar-refractivity contribution in [3.63, 3.8) is 0 Å². The third-order valence-corrected chi connectivity index (χ3v) is 5.20. The van der Waals surface area contributed by atoms with Crippen LogP contribution in [0, 0.1) is 5.92 Å². The zero-order valence-corrected chi connectivity index (χ0v) is 9.72. The number of aliphatic hydroxyl groups is 1. The van der Waals surface area contributed by atoms with Crippen LogP contribution in [0.3, 0.4) is 0 Å². The normalized spacial score (nSPS) is 28.9. The van der Waals surface area contributed by atoms with Crippen LogP contribution in [-0.4, -0.2) is 43.7 Å². The van der Waals surface area contributed by atoms with E-state index in [1.807, 2.05) is 0 Å². The lowest BCUT2D eigenvalue weighted by molar-refractivity contribution is 0.147. The van der Waals surface area contributed by atoms with E-state index in [1.165, 1.54) is 12.8 Å². The van der Waals surface area contributed by atoms with E-state index in [0.717, 1.165) is 12.5 Å². The van der Waals surface area contributed by atoms with Crippen molar-refractivity contribution in [2.45, 2.75) is 31.2 Å². The van der Waals surface area contributed by atoms with Crippen LogP contribution in [-0.2, 0) is 9.84 Å². The molecule has 0 aromatic heterocycles. The van der Waals surface area contributed by atoms with Crippen LogP contribution in [0.15, 0.2) is 0 Å². The van der Waals surface area contributed by atoms with Gasteiger partial charge in [0, 0.05) is 5.54 Å². The smallest absolute Gasteiger partial charge is 0.150 e. The van der Waals surface area contributed by atoms with Gasteiger partial charge in [0.1, 0.15) is 9.84 Å². The minimum absolute atomic E-state index is 0.0508. The van der Waals surface area contributed by atoms with Crippen LogP contribution in [0.1, 0.15) is 25.7 Å². The van der Waals surface area contributed by atoms with Gasteiger partial charge in [-0.15, -0.1) is 0 Å². The number of hydrogen-bond donors (Lipinski definition) is 2. The minimum atomic E-state index is -2.84. The summed E-state index contributed by atoms with van der Waals surface area (Å²) in [5.41, 5.74) is -0.325. The van der Waals surface area contributed by atoms with Crippen molar-refractivity contribution in [1.82, 2.24) is 5.32 Å². The number of rotatable bonds is 4. The molecule has 5 heteroatoms. The van der Waals surface area contributed by atoms with E-state index in [-0.39, 0.29) is 23.7 Å². The molecule has 2 fully saturated rings. The molecule has 1 saturated carbocycles. The van der Waals surface area contributed by atoms with E-state index in [0.29, 0.717) is 12.8 Å². The van der Waals surface area contributed by atoms with E-state index in [2.05, 4.69) is 5.32 Å². The maximum Gasteiger partial charge on any atom is 0.150 e. The molecule has 0 spiro atoms. The van der Waals surface area contributed by atoms with Crippen LogP contribution in [0.5, 0.6) is 0 Å². The third kappa shape index (κ3) is 2.92. The lowest BCUT2D eigenvalue weighted by Crippen LogP contribution is -2.54. The highest BCUT2D eigenvalue weighted by Crippen LogP contribution is 2.30. The maximum absolute atomic E-state index is 11.3. The Bertz CT molecular complexity index is 308. The Balaban J connectivity index is 1.90. The Morgan fingerprint density at radius 1 is 1.27 bits per heavy atom. The second kappa shape index (κ2) is 4.03. The van der Waals surface area contributed by atoms with Gasteiger partial charge in [-0.1, -0.05) is 0 Å². The zero-order chi connectivity index (χ0) is 10.9. The van der Waals surface area contributed by atoms with Crippen molar-refractivity contribution in [1.29, 1.82) is 0 Å². The summed E-state index contributed by atoms with van der Waals surface area (Å²) in [5.74, 6) is 1.18. The van der Waals surface area contributed by atoms with Crippen LogP contribution < -0.4 is 5.32 Å². The standard InChI is InChI=1S/C10H19NO3S/c12-8-10(11-7-9-1-2-9)3-5-15(13,14)6-4-10/h9,11-12H,1-8H2. The second-order valence-electron chi connectivity index (χ2n) is 4.91. The molecule has 0 atom stereocenters. The van der Waals surface area contributed by atoms with Crippen LogP contribution in [0.25, 0.3) is 0 Å². The predicted molar refractivity (Wildman–Crippen MR) is 58.4 cm³/mol. The fourth-order valence-electron chi connectivity index (χ4n) is 2.00. The fraction of sp³-hybridized carbons (Fsp3) is 1.00. The lowest BCUT2D eigenvalue weighted by atomic mass is 9.93. The summed E-state index contributed by atoms with van der Waals surface area (Å²) in [4.78, 5) is 0. The molecule has 15 heavy (non-hydrogen) atoms. The van der Waals surface area contributed by atoms with Gasteiger partial charge in [0.05, 0.1) is 18.1 Å². The first-order valence-corrected chi connectivity index (χ1v) is 7.44. The predicted octanol–water partition coefficient (Wildman–Crippen LogP) is -0.0743. The molecular weight excluding hydrogens is 214 g/mol. The summed E-state index contributed by atoms with van der Waals surface area (Å²) in [7, 11) is -2.84. The summed E-state index contributed by atoms with van der Waals surface area (Å²) in [6.07, 6.45) is 3.65. The molecule has 2 N–H and O–H groups in total. The lowest BCUT2D eigenvalue weighted by Gasteiger charge is -2.36. The van der Waals surface area contributed by atoms with E-state index < -0.39 is 9.84 Å². The molecule has 2 rings (SSSR count). The Morgan fingerprint density at radius 3 is 2.33 bits per heavy atom. The average molecular weight is 233 g/mol. The van der Waals surface area contributed by atoms with E-state index in [4.69, 9.17) is 0 Å². The summed E-state index contributed by atoms with van der Waals surface area (Å²) >= 11 is 0. The van der Waals surface area contributed by atoms with Gasteiger partial charge in [-0.3, -0.25) is 0 Å². The minimum Gasteiger partial charge on any atom is -0.394 e. The number of sulfone groups is 1. The monoisotopic (exact) mass is 233 g/mol. The molecule has 1 aliphatic heterocycles. The van der Waals surface area contributed by atoms with Gasteiger partial charge in [0.2, 0.25) is 0 Å². The highest BCUT2D eigenvalue weighted by molar-refractivity contribution is 7.91. The molecule has 88 valence electrons. The van der Waals surface area contributed by atoms with Crippen molar-refractivity contribution in [2.75, 3.05) is 24.7 Å². The molecule has 0 radical (unpaired) electrons. The highest BCUT2D eigenvalue weighted by atomic mass is 32.2. The number of hydrogen-bond acceptors (Lipinski definition) is 4. The first kappa shape index (κ1) is 11.4. The van der Waals surface area contributed by atoms with Crippen LogP contribution >= 0.6 is 0 Å². The molecule has 1 aliphatic carbocycles. The summed E-state index contributed by atoms with van der Waals surface area (Å²) < 4.78 is 22.6. The van der Waals surface area contributed by atoms with Crippen LogP contribution in [0.4, 0.5) is 0 Å². The fourth-order valence-corrected chi connectivity index (χ4v) is 3.61. The largest absolute Gasteiger partial charge is 0.394 e. The van der Waals surface area contributed by atoms with Crippen molar-refractivity contribution in [3.8, 4) is 0 Å². The second-order valence-corrected chi connectivity index (χ2v) is 7.22. The van der Waals surface area contributed by atoms with Gasteiger partial charge in [0.25, 0.3) is 0 Å². The van der Waals surface area contributed by atoms with Crippen molar-refractivity contribution >= 4 is 9.84 Å². The Hall–Kier alpha value is -0.130. The maximum atomic E-state index is 11.3. The van der Waals surface area contributed by atoms with Crippen molar-refractivity contribution < 1.29 is 13.5 Å². The molecule has 4 nitrogen and oxygen atoms in total. The summed E-state index contributed by atoms with van der Waals surface area (Å²) in [5, 5.41) is 12.8. The number of aliphatic hydroxyl groups excluding tert-OH is 1. The van der Waals surface area contributed by atoms with Crippen LogP contribution in [0.2, 0.25) is 0 Å². The molecule has 0 amide bonds. The van der Waals surface area contributed by atoms with Gasteiger partial charge in [0.15, 0.2) is 0 Å². The molecule has 2 aliphatic rings. The molecule has 0 aromatic carbocycles. The van der Waals surface area contributed by atoms with E-state index in [1.54, 1.807) is 0 Å². The first-order valence-electron chi connectivity index (χ1n) is 5.62. The van der Waals surface area contributed by atoms with Gasteiger partial charge >= 0.3 is 0 Å². The highest BCUT2D eigenvalue weighted by Gasteiger charge is 2.37. The molecule has 0 aromatic rings. The SMILES string of the molecule is O=S1(=O)CCC(CO)(NCC2CC2)CC1. The van der Waals surface area contributed by atoms with Gasteiger partial charge < -0.3 is 10.4 Å². The van der Waals surface area contributed by atoms with E-state index >= 15 is 0 Å². The van der Waals surface area contributed by atoms with Crippen molar-refractivity contribution in [3.05, 3.63) is 0 Å². The quantitative estimate of drug-likeness (QED) is 0.713. The molecule has 0 bridgehead atoms.